The monoisotopic (exact) mass is 199 g/mol. The molecule has 0 bridgehead atoms. The zero-order valence-electron chi connectivity index (χ0n) is 7.33. The van der Waals surface area contributed by atoms with E-state index in [1.807, 2.05) is 0 Å². The van der Waals surface area contributed by atoms with Gasteiger partial charge in [0.1, 0.15) is 17.6 Å². The number of alkyl halides is 2. The Morgan fingerprint density at radius 2 is 2.14 bits per heavy atom. The van der Waals surface area contributed by atoms with Crippen molar-refractivity contribution in [3.8, 4) is 17.6 Å². The highest BCUT2D eigenvalue weighted by Crippen LogP contribution is 2.25. The molecule has 0 saturated heterocycles. The molecular weight excluding hydrogens is 192 g/mol. The lowest BCUT2D eigenvalue weighted by molar-refractivity contribution is -0.0501. The molecule has 0 radical (unpaired) electrons. The zero-order chi connectivity index (χ0) is 10.6. The number of halogens is 2. The fourth-order valence-electron chi connectivity index (χ4n) is 0.915. The van der Waals surface area contributed by atoms with E-state index in [-0.39, 0.29) is 11.3 Å². The number of hydrogen-bond acceptors (Lipinski definition) is 3. The van der Waals surface area contributed by atoms with Crippen molar-refractivity contribution in [2.24, 2.45) is 0 Å². The second kappa shape index (κ2) is 4.42. The molecule has 5 heteroatoms. The Balaban J connectivity index is 3.03. The summed E-state index contributed by atoms with van der Waals surface area (Å²) in [6.45, 7) is -2.95. The van der Waals surface area contributed by atoms with Crippen LogP contribution in [0.3, 0.4) is 0 Å². The van der Waals surface area contributed by atoms with Crippen molar-refractivity contribution in [3.63, 3.8) is 0 Å². The SMILES string of the molecule is COc1ccc(C#N)c(OC(F)F)c1. The fraction of sp³-hybridized carbons (Fsp3) is 0.222. The predicted molar refractivity (Wildman–Crippen MR) is 44.3 cm³/mol. The Labute approximate surface area is 79.5 Å². The van der Waals surface area contributed by atoms with Crippen LogP contribution in [0.1, 0.15) is 5.56 Å². The van der Waals surface area contributed by atoms with Crippen molar-refractivity contribution in [1.29, 1.82) is 5.26 Å². The number of nitriles is 1. The first-order valence-corrected chi connectivity index (χ1v) is 3.70. The van der Waals surface area contributed by atoms with Gasteiger partial charge in [-0.15, -0.1) is 0 Å². The maximum Gasteiger partial charge on any atom is 0.387 e. The number of hydrogen-bond donors (Lipinski definition) is 0. The van der Waals surface area contributed by atoms with Crippen LogP contribution in [0.2, 0.25) is 0 Å². The van der Waals surface area contributed by atoms with Crippen LogP contribution in [0, 0.1) is 11.3 Å². The van der Waals surface area contributed by atoms with Crippen molar-refractivity contribution >= 4 is 0 Å². The first-order valence-electron chi connectivity index (χ1n) is 3.70. The normalized spacial score (nSPS) is 9.64. The molecule has 1 aromatic carbocycles. The lowest BCUT2D eigenvalue weighted by Gasteiger charge is -2.07. The first kappa shape index (κ1) is 10.3. The van der Waals surface area contributed by atoms with Crippen LogP contribution < -0.4 is 9.47 Å². The summed E-state index contributed by atoms with van der Waals surface area (Å²) >= 11 is 0. The van der Waals surface area contributed by atoms with Gasteiger partial charge in [0, 0.05) is 6.07 Å². The van der Waals surface area contributed by atoms with E-state index in [0.717, 1.165) is 0 Å². The van der Waals surface area contributed by atoms with Gasteiger partial charge in [-0.25, -0.2) is 0 Å². The van der Waals surface area contributed by atoms with Crippen LogP contribution in [-0.4, -0.2) is 13.7 Å². The van der Waals surface area contributed by atoms with Crippen LogP contribution in [-0.2, 0) is 0 Å². The summed E-state index contributed by atoms with van der Waals surface area (Å²) in [5.74, 6) is 0.182. The van der Waals surface area contributed by atoms with E-state index >= 15 is 0 Å². The topological polar surface area (TPSA) is 42.2 Å². The summed E-state index contributed by atoms with van der Waals surface area (Å²) in [6, 6.07) is 5.83. The van der Waals surface area contributed by atoms with Gasteiger partial charge in [0.25, 0.3) is 0 Å². The summed E-state index contributed by atoms with van der Waals surface area (Å²) in [4.78, 5) is 0. The zero-order valence-corrected chi connectivity index (χ0v) is 7.33. The molecule has 0 heterocycles. The van der Waals surface area contributed by atoms with E-state index in [9.17, 15) is 8.78 Å². The molecule has 0 N–H and O–H groups in total. The Kier molecular flexibility index (Phi) is 3.24. The third-order valence-corrected chi connectivity index (χ3v) is 1.53. The quantitative estimate of drug-likeness (QED) is 0.749. The van der Waals surface area contributed by atoms with Gasteiger partial charge in [-0.05, 0) is 12.1 Å². The molecule has 1 aromatic rings. The Morgan fingerprint density at radius 1 is 1.43 bits per heavy atom. The van der Waals surface area contributed by atoms with E-state index in [1.165, 1.54) is 25.3 Å². The minimum atomic E-state index is -2.95. The first-order chi connectivity index (χ1) is 6.67. The highest BCUT2D eigenvalue weighted by Gasteiger charge is 2.10. The standard InChI is InChI=1S/C9H7F2NO2/c1-13-7-3-2-6(5-12)8(4-7)14-9(10)11/h2-4,9H,1H3. The minimum absolute atomic E-state index is 0.0473. The summed E-state index contributed by atoms with van der Waals surface area (Å²) in [5.41, 5.74) is 0.0473. The van der Waals surface area contributed by atoms with E-state index in [2.05, 4.69) is 4.74 Å². The largest absolute Gasteiger partial charge is 0.497 e. The Hall–Kier alpha value is -1.83. The third kappa shape index (κ3) is 2.33. The molecule has 0 amide bonds. The number of methoxy groups -OCH3 is 1. The van der Waals surface area contributed by atoms with Crippen LogP contribution in [0.5, 0.6) is 11.5 Å². The van der Waals surface area contributed by atoms with Crippen LogP contribution in [0.4, 0.5) is 8.78 Å². The smallest absolute Gasteiger partial charge is 0.387 e. The molecule has 14 heavy (non-hydrogen) atoms. The van der Waals surface area contributed by atoms with E-state index in [0.29, 0.717) is 5.75 Å². The highest BCUT2D eigenvalue weighted by molar-refractivity contribution is 5.47. The minimum Gasteiger partial charge on any atom is -0.497 e. The van der Waals surface area contributed by atoms with E-state index < -0.39 is 6.61 Å². The average Bonchev–Trinajstić information content (AvgIpc) is 2.16. The molecule has 0 atom stereocenters. The number of ether oxygens (including phenoxy) is 2. The average molecular weight is 199 g/mol. The van der Waals surface area contributed by atoms with Crippen molar-refractivity contribution in [2.45, 2.75) is 6.61 Å². The summed E-state index contributed by atoms with van der Waals surface area (Å²) in [7, 11) is 1.40. The van der Waals surface area contributed by atoms with Crippen LogP contribution >= 0.6 is 0 Å². The lowest BCUT2D eigenvalue weighted by Crippen LogP contribution is -2.03. The fourth-order valence-corrected chi connectivity index (χ4v) is 0.915. The van der Waals surface area contributed by atoms with Gasteiger partial charge in [0.05, 0.1) is 12.7 Å². The van der Waals surface area contributed by atoms with Crippen LogP contribution in [0.15, 0.2) is 18.2 Å². The molecule has 0 aliphatic rings. The van der Waals surface area contributed by atoms with Gasteiger partial charge < -0.3 is 9.47 Å². The molecule has 0 aromatic heterocycles. The lowest BCUT2D eigenvalue weighted by atomic mass is 10.2. The van der Waals surface area contributed by atoms with E-state index in [4.69, 9.17) is 10.00 Å². The molecular formula is C9H7F2NO2. The van der Waals surface area contributed by atoms with Crippen molar-refractivity contribution in [2.75, 3.05) is 7.11 Å². The van der Waals surface area contributed by atoms with E-state index in [1.54, 1.807) is 6.07 Å². The molecule has 0 saturated carbocycles. The predicted octanol–water partition coefficient (Wildman–Crippen LogP) is 2.17. The maximum absolute atomic E-state index is 11.9. The third-order valence-electron chi connectivity index (χ3n) is 1.53. The molecule has 0 unspecified atom stereocenters. The number of nitrogens with zero attached hydrogens (tertiary/aromatic N) is 1. The van der Waals surface area contributed by atoms with Gasteiger partial charge in [-0.3, -0.25) is 0 Å². The molecule has 1 rings (SSSR count). The molecule has 0 spiro atoms. The second-order valence-electron chi connectivity index (χ2n) is 2.35. The number of rotatable bonds is 3. The molecule has 3 nitrogen and oxygen atoms in total. The van der Waals surface area contributed by atoms with Gasteiger partial charge in [0.15, 0.2) is 0 Å². The number of benzene rings is 1. The molecule has 0 aliphatic carbocycles. The molecule has 0 fully saturated rings. The summed E-state index contributed by atoms with van der Waals surface area (Å²) in [5, 5.41) is 8.58. The molecule has 74 valence electrons. The maximum atomic E-state index is 11.9. The summed E-state index contributed by atoms with van der Waals surface area (Å²) in [6.07, 6.45) is 0. The second-order valence-corrected chi connectivity index (χ2v) is 2.35. The van der Waals surface area contributed by atoms with Crippen molar-refractivity contribution in [3.05, 3.63) is 23.8 Å². The van der Waals surface area contributed by atoms with Crippen molar-refractivity contribution in [1.82, 2.24) is 0 Å². The van der Waals surface area contributed by atoms with Crippen LogP contribution in [0.25, 0.3) is 0 Å². The Bertz CT molecular complexity index is 360. The summed E-state index contributed by atoms with van der Waals surface area (Å²) < 4.78 is 32.7. The highest BCUT2D eigenvalue weighted by atomic mass is 19.3. The van der Waals surface area contributed by atoms with Gasteiger partial charge >= 0.3 is 6.61 Å². The Morgan fingerprint density at radius 3 is 2.64 bits per heavy atom. The van der Waals surface area contributed by atoms with Gasteiger partial charge in [-0.2, -0.15) is 14.0 Å². The van der Waals surface area contributed by atoms with Gasteiger partial charge in [-0.1, -0.05) is 0 Å². The van der Waals surface area contributed by atoms with Crippen molar-refractivity contribution < 1.29 is 18.3 Å². The molecule has 0 aliphatic heterocycles. The van der Waals surface area contributed by atoms with Gasteiger partial charge in [0.2, 0.25) is 0 Å².